The average molecular weight is 568 g/mol. The summed E-state index contributed by atoms with van der Waals surface area (Å²) in [4.78, 5) is 24.2. The van der Waals surface area contributed by atoms with Crippen molar-refractivity contribution in [1.29, 1.82) is 0 Å². The van der Waals surface area contributed by atoms with Crippen LogP contribution in [0.1, 0.15) is 64.4 Å². The fourth-order valence-electron chi connectivity index (χ4n) is 5.25. The second-order valence-electron chi connectivity index (χ2n) is 10.6. The first-order chi connectivity index (χ1) is 19.2. The van der Waals surface area contributed by atoms with Crippen molar-refractivity contribution in [2.45, 2.75) is 70.0 Å². The molecule has 1 aromatic carbocycles. The number of methoxy groups -OCH3 is 1. The minimum atomic E-state index is -3.73. The maximum atomic E-state index is 13.7. The molecule has 1 aliphatic carbocycles. The summed E-state index contributed by atoms with van der Waals surface area (Å²) in [6, 6.07) is 7.42. The molecule has 3 heterocycles. The molecule has 0 spiro atoms. The SMILES string of the molecule is COc1cc(C)c(S(=O)(=O)N(CCc2nc(C(=O)NCc3ccc(CN4CCCC4)nc3)co2)C2CC2)c(C)c1. The van der Waals surface area contributed by atoms with Crippen molar-refractivity contribution in [1.82, 2.24) is 24.5 Å². The molecule has 1 amide bonds. The molecule has 0 unspecified atom stereocenters. The third-order valence-corrected chi connectivity index (χ3v) is 9.70. The summed E-state index contributed by atoms with van der Waals surface area (Å²) in [5.41, 5.74) is 3.38. The fourth-order valence-corrected chi connectivity index (χ4v) is 7.35. The standard InChI is InChI=1S/C29H37N5O5S/c1-20-14-25(38-3)15-21(2)28(20)40(36,37)34(24-8-9-24)13-10-27-32-26(19-39-27)29(35)31-17-22-6-7-23(30-16-22)18-33-11-4-5-12-33/h6-7,14-16,19,24H,4-5,8-13,17-18H2,1-3H3,(H,31,35). The highest BCUT2D eigenvalue weighted by Crippen LogP contribution is 2.35. The molecule has 0 radical (unpaired) electrons. The number of hydrogen-bond acceptors (Lipinski definition) is 8. The Kier molecular flexibility index (Phi) is 8.53. The highest BCUT2D eigenvalue weighted by Gasteiger charge is 2.39. The number of carbonyl (C=O) groups is 1. The Bertz CT molecular complexity index is 1420. The molecule has 214 valence electrons. The minimum Gasteiger partial charge on any atom is -0.497 e. The molecule has 0 atom stereocenters. The van der Waals surface area contributed by atoms with Gasteiger partial charge >= 0.3 is 0 Å². The average Bonchev–Trinajstić information content (AvgIpc) is 3.40. The monoisotopic (exact) mass is 567 g/mol. The van der Waals surface area contributed by atoms with E-state index >= 15 is 0 Å². The lowest BCUT2D eigenvalue weighted by atomic mass is 10.1. The van der Waals surface area contributed by atoms with Gasteiger partial charge in [0.15, 0.2) is 11.6 Å². The number of hydrogen-bond donors (Lipinski definition) is 1. The van der Waals surface area contributed by atoms with E-state index in [1.807, 2.05) is 12.1 Å². The number of amides is 1. The van der Waals surface area contributed by atoms with Crippen LogP contribution in [0.25, 0.3) is 0 Å². The Morgan fingerprint density at radius 1 is 1.18 bits per heavy atom. The summed E-state index contributed by atoms with van der Waals surface area (Å²) in [7, 11) is -2.17. The Morgan fingerprint density at radius 2 is 1.90 bits per heavy atom. The molecule has 3 aromatic rings. The van der Waals surface area contributed by atoms with Crippen LogP contribution >= 0.6 is 0 Å². The van der Waals surface area contributed by atoms with E-state index in [9.17, 15) is 13.2 Å². The van der Waals surface area contributed by atoms with Crippen LogP contribution in [0.15, 0.2) is 46.0 Å². The van der Waals surface area contributed by atoms with Gasteiger partial charge in [-0.05, 0) is 87.5 Å². The van der Waals surface area contributed by atoms with Crippen molar-refractivity contribution >= 4 is 15.9 Å². The number of aromatic nitrogens is 2. The molecule has 2 aliphatic rings. The van der Waals surface area contributed by atoms with Crippen molar-refractivity contribution in [2.24, 2.45) is 0 Å². The van der Waals surface area contributed by atoms with Gasteiger partial charge in [0.2, 0.25) is 10.0 Å². The van der Waals surface area contributed by atoms with Crippen LogP contribution < -0.4 is 10.1 Å². The number of likely N-dealkylation sites (tertiary alicyclic amines) is 1. The molecular formula is C29H37N5O5S. The van der Waals surface area contributed by atoms with Gasteiger partial charge in [-0.3, -0.25) is 14.7 Å². The second kappa shape index (κ2) is 12.1. The zero-order valence-corrected chi connectivity index (χ0v) is 24.2. The fraction of sp³-hybridized carbons (Fsp3) is 0.483. The molecule has 5 rings (SSSR count). The van der Waals surface area contributed by atoms with E-state index in [1.165, 1.54) is 19.1 Å². The molecule has 1 saturated heterocycles. The quantitative estimate of drug-likeness (QED) is 0.353. The smallest absolute Gasteiger partial charge is 0.273 e. The largest absolute Gasteiger partial charge is 0.497 e. The van der Waals surface area contributed by atoms with E-state index < -0.39 is 10.0 Å². The molecular weight excluding hydrogens is 530 g/mol. The van der Waals surface area contributed by atoms with Gasteiger partial charge < -0.3 is 14.5 Å². The zero-order valence-electron chi connectivity index (χ0n) is 23.4. The summed E-state index contributed by atoms with van der Waals surface area (Å²) < 4.78 is 39.7. The Morgan fingerprint density at radius 3 is 2.52 bits per heavy atom. The van der Waals surface area contributed by atoms with Crippen LogP contribution in [-0.4, -0.2) is 66.3 Å². The lowest BCUT2D eigenvalue weighted by molar-refractivity contribution is 0.0945. The summed E-state index contributed by atoms with van der Waals surface area (Å²) in [5.74, 6) is 0.595. The Labute approximate surface area is 235 Å². The van der Waals surface area contributed by atoms with Gasteiger partial charge in [-0.1, -0.05) is 6.07 Å². The van der Waals surface area contributed by atoms with Crippen molar-refractivity contribution in [2.75, 3.05) is 26.7 Å². The molecule has 11 heteroatoms. The van der Waals surface area contributed by atoms with E-state index in [0.717, 1.165) is 43.7 Å². The summed E-state index contributed by atoms with van der Waals surface area (Å²) in [5, 5.41) is 2.85. The van der Waals surface area contributed by atoms with Crippen LogP contribution in [0.3, 0.4) is 0 Å². The van der Waals surface area contributed by atoms with E-state index in [2.05, 4.69) is 20.2 Å². The molecule has 2 fully saturated rings. The zero-order chi connectivity index (χ0) is 28.3. The maximum absolute atomic E-state index is 13.7. The lowest BCUT2D eigenvalue weighted by Crippen LogP contribution is -2.35. The Balaban J connectivity index is 1.17. The summed E-state index contributed by atoms with van der Waals surface area (Å²) in [6.45, 7) is 7.20. The van der Waals surface area contributed by atoms with Crippen LogP contribution in [0.2, 0.25) is 0 Å². The van der Waals surface area contributed by atoms with E-state index in [4.69, 9.17) is 9.15 Å². The number of pyridine rings is 1. The van der Waals surface area contributed by atoms with Gasteiger partial charge in [-0.15, -0.1) is 0 Å². The van der Waals surface area contributed by atoms with Crippen molar-refractivity contribution in [3.8, 4) is 5.75 Å². The minimum absolute atomic E-state index is 0.0426. The molecule has 0 bridgehead atoms. The number of nitrogens with one attached hydrogen (secondary N) is 1. The van der Waals surface area contributed by atoms with Gasteiger partial charge in [-0.2, -0.15) is 4.31 Å². The van der Waals surface area contributed by atoms with Crippen molar-refractivity contribution < 1.29 is 22.4 Å². The number of ether oxygens (including phenoxy) is 1. The van der Waals surface area contributed by atoms with Gasteiger partial charge in [0.25, 0.3) is 5.91 Å². The topological polar surface area (TPSA) is 118 Å². The predicted octanol–water partition coefficient (Wildman–Crippen LogP) is 3.62. The molecule has 1 saturated carbocycles. The van der Waals surface area contributed by atoms with Gasteiger partial charge in [0.05, 0.1) is 17.7 Å². The maximum Gasteiger partial charge on any atom is 0.273 e. The van der Waals surface area contributed by atoms with Crippen molar-refractivity contribution in [3.05, 3.63) is 70.7 Å². The van der Waals surface area contributed by atoms with Crippen LogP contribution in [-0.2, 0) is 29.5 Å². The first-order valence-electron chi connectivity index (χ1n) is 13.8. The van der Waals surface area contributed by atoms with E-state index in [-0.39, 0.29) is 30.6 Å². The molecule has 1 aliphatic heterocycles. The van der Waals surface area contributed by atoms with Gasteiger partial charge in [0, 0.05) is 38.3 Å². The highest BCUT2D eigenvalue weighted by molar-refractivity contribution is 7.89. The van der Waals surface area contributed by atoms with Crippen molar-refractivity contribution in [3.63, 3.8) is 0 Å². The molecule has 1 N–H and O–H groups in total. The number of aryl methyl sites for hydroxylation is 2. The van der Waals surface area contributed by atoms with Gasteiger partial charge in [-0.25, -0.2) is 13.4 Å². The molecule has 10 nitrogen and oxygen atoms in total. The van der Waals surface area contributed by atoms with Crippen LogP contribution in [0.5, 0.6) is 5.75 Å². The first kappa shape index (κ1) is 28.3. The predicted molar refractivity (Wildman–Crippen MR) is 150 cm³/mol. The second-order valence-corrected chi connectivity index (χ2v) is 12.5. The third-order valence-electron chi connectivity index (χ3n) is 7.44. The molecule has 40 heavy (non-hydrogen) atoms. The number of sulfonamides is 1. The number of rotatable bonds is 12. The highest BCUT2D eigenvalue weighted by atomic mass is 32.2. The number of oxazole rings is 1. The first-order valence-corrected chi connectivity index (χ1v) is 15.2. The number of nitrogens with zero attached hydrogens (tertiary/aromatic N) is 4. The lowest BCUT2D eigenvalue weighted by Gasteiger charge is -2.24. The van der Waals surface area contributed by atoms with E-state index in [0.29, 0.717) is 34.2 Å². The van der Waals surface area contributed by atoms with Gasteiger partial charge in [0.1, 0.15) is 12.0 Å². The summed E-state index contributed by atoms with van der Waals surface area (Å²) in [6.07, 6.45) is 7.50. The third kappa shape index (κ3) is 6.54. The van der Waals surface area contributed by atoms with Crippen LogP contribution in [0, 0.1) is 13.8 Å². The summed E-state index contributed by atoms with van der Waals surface area (Å²) >= 11 is 0. The number of benzene rings is 1. The number of carbonyl (C=O) groups excluding carboxylic acids is 1. The normalized spacial score (nSPS) is 16.0. The van der Waals surface area contributed by atoms with Crippen LogP contribution in [0.4, 0.5) is 0 Å². The molecule has 2 aromatic heterocycles. The Hall–Kier alpha value is -3.28. The van der Waals surface area contributed by atoms with E-state index in [1.54, 1.807) is 43.6 Å².